The summed E-state index contributed by atoms with van der Waals surface area (Å²) in [6.07, 6.45) is 0. The topological polar surface area (TPSA) is 81.1 Å². The molecule has 0 fully saturated rings. The first-order valence-corrected chi connectivity index (χ1v) is 11.8. The molecule has 0 spiro atoms. The van der Waals surface area contributed by atoms with Crippen LogP contribution in [0.3, 0.4) is 0 Å². The molecule has 7 nitrogen and oxygen atoms in total. The fraction of sp³-hybridized carbons (Fsp3) is 0.0370. The van der Waals surface area contributed by atoms with Crippen LogP contribution in [0.2, 0.25) is 5.02 Å². The summed E-state index contributed by atoms with van der Waals surface area (Å²) in [4.78, 5) is 14.2. The van der Waals surface area contributed by atoms with E-state index in [1.807, 2.05) is 60.7 Å². The second kappa shape index (κ2) is 10.6. The Bertz CT molecular complexity index is 1520. The van der Waals surface area contributed by atoms with Crippen LogP contribution in [0.25, 0.3) is 16.7 Å². The Morgan fingerprint density at radius 3 is 2.36 bits per heavy atom. The Morgan fingerprint density at radius 2 is 1.61 bits per heavy atom. The van der Waals surface area contributed by atoms with Gasteiger partial charge >= 0.3 is 0 Å². The van der Waals surface area contributed by atoms with Crippen LogP contribution in [-0.4, -0.2) is 26.0 Å². The van der Waals surface area contributed by atoms with Gasteiger partial charge in [0.1, 0.15) is 23.4 Å². The van der Waals surface area contributed by atoms with Crippen molar-refractivity contribution in [3.05, 3.63) is 113 Å². The summed E-state index contributed by atoms with van der Waals surface area (Å²) in [5.74, 6) is 0.355. The van der Waals surface area contributed by atoms with Crippen LogP contribution in [0.4, 0.5) is 5.69 Å². The molecule has 5 rings (SSSR count). The lowest BCUT2D eigenvalue weighted by Gasteiger charge is -2.10. The van der Waals surface area contributed by atoms with Crippen molar-refractivity contribution in [3.63, 3.8) is 0 Å². The Kier molecular flexibility index (Phi) is 6.88. The Morgan fingerprint density at radius 1 is 0.889 bits per heavy atom. The number of carbonyl (C=O) groups is 1. The van der Waals surface area contributed by atoms with Crippen LogP contribution in [0.15, 0.2) is 97.1 Å². The molecule has 2 N–H and O–H groups in total. The van der Waals surface area contributed by atoms with E-state index in [-0.39, 0.29) is 11.0 Å². The minimum Gasteiger partial charge on any atom is -0.489 e. The number of rotatable bonds is 6. The number of amides is 1. The largest absolute Gasteiger partial charge is 0.489 e. The van der Waals surface area contributed by atoms with Crippen LogP contribution in [-0.2, 0) is 6.61 Å². The zero-order valence-electron chi connectivity index (χ0n) is 18.9. The third-order valence-corrected chi connectivity index (χ3v) is 5.74. The number of fused-ring (bicyclic) bond motifs is 1. The minimum absolute atomic E-state index is 0.175. The van der Waals surface area contributed by atoms with E-state index in [1.165, 1.54) is 4.80 Å². The van der Waals surface area contributed by atoms with Gasteiger partial charge in [0.15, 0.2) is 5.11 Å². The third-order valence-electron chi connectivity index (χ3n) is 5.29. The molecule has 1 heterocycles. The molecule has 0 aliphatic carbocycles. The van der Waals surface area contributed by atoms with Crippen molar-refractivity contribution in [2.45, 2.75) is 6.61 Å². The summed E-state index contributed by atoms with van der Waals surface area (Å²) in [6, 6.07) is 29.5. The van der Waals surface area contributed by atoms with E-state index in [2.05, 4.69) is 20.8 Å². The average molecular weight is 514 g/mol. The highest BCUT2D eigenvalue weighted by atomic mass is 35.5. The van der Waals surface area contributed by atoms with E-state index in [9.17, 15) is 4.79 Å². The summed E-state index contributed by atoms with van der Waals surface area (Å²) in [5.41, 5.74) is 4.41. The molecule has 1 aromatic heterocycles. The molecule has 9 heteroatoms. The lowest BCUT2D eigenvalue weighted by Crippen LogP contribution is -2.34. The van der Waals surface area contributed by atoms with Crippen LogP contribution >= 0.6 is 23.8 Å². The van der Waals surface area contributed by atoms with E-state index >= 15 is 0 Å². The first kappa shape index (κ1) is 23.5. The molecule has 0 aliphatic rings. The predicted molar refractivity (Wildman–Crippen MR) is 145 cm³/mol. The Balaban J connectivity index is 1.18. The van der Waals surface area contributed by atoms with Crippen LogP contribution in [0.5, 0.6) is 5.75 Å². The standard InChI is InChI=1S/C27H20ClN5O2S/c28-20-8-11-22(12-9-20)33-31-24-15-10-21(16-25(24)32-33)29-27(36)30-26(34)19-6-13-23(14-7-19)35-17-18-4-2-1-3-5-18/h1-16H,17H2,(H2,29,30,34,36). The number of nitrogens with one attached hydrogen (secondary N) is 2. The molecule has 0 aliphatic heterocycles. The van der Waals surface area contributed by atoms with Gasteiger partial charge < -0.3 is 10.1 Å². The van der Waals surface area contributed by atoms with Gasteiger partial charge in [-0.25, -0.2) is 0 Å². The molecule has 178 valence electrons. The fourth-order valence-electron chi connectivity index (χ4n) is 3.46. The number of hydrogen-bond acceptors (Lipinski definition) is 5. The van der Waals surface area contributed by atoms with Crippen LogP contribution < -0.4 is 15.4 Å². The number of nitrogens with zero attached hydrogens (tertiary/aromatic N) is 3. The van der Waals surface area contributed by atoms with E-state index in [0.717, 1.165) is 16.8 Å². The van der Waals surface area contributed by atoms with Crippen LogP contribution in [0.1, 0.15) is 15.9 Å². The van der Waals surface area contributed by atoms with Crippen molar-refractivity contribution in [2.75, 3.05) is 5.32 Å². The molecular formula is C27H20ClN5O2S. The van der Waals surface area contributed by atoms with E-state index in [0.29, 0.717) is 34.1 Å². The normalized spacial score (nSPS) is 10.7. The molecule has 0 saturated heterocycles. The highest BCUT2D eigenvalue weighted by Gasteiger charge is 2.10. The number of halogens is 1. The summed E-state index contributed by atoms with van der Waals surface area (Å²) in [6.45, 7) is 0.457. The molecular weight excluding hydrogens is 494 g/mol. The number of anilines is 1. The van der Waals surface area contributed by atoms with Crippen molar-refractivity contribution < 1.29 is 9.53 Å². The monoisotopic (exact) mass is 513 g/mol. The number of aromatic nitrogens is 3. The van der Waals surface area contributed by atoms with Crippen molar-refractivity contribution in [2.24, 2.45) is 0 Å². The smallest absolute Gasteiger partial charge is 0.257 e. The van der Waals surface area contributed by atoms with Gasteiger partial charge in [0, 0.05) is 16.3 Å². The molecule has 36 heavy (non-hydrogen) atoms. The summed E-state index contributed by atoms with van der Waals surface area (Å²) in [7, 11) is 0. The molecule has 0 unspecified atom stereocenters. The number of ether oxygens (including phenoxy) is 1. The van der Waals surface area contributed by atoms with Crippen LogP contribution in [0, 0.1) is 0 Å². The Hall–Kier alpha value is -4.27. The fourth-order valence-corrected chi connectivity index (χ4v) is 3.80. The predicted octanol–water partition coefficient (Wildman–Crippen LogP) is 5.78. The maximum atomic E-state index is 12.6. The van der Waals surface area contributed by atoms with Gasteiger partial charge in [-0.15, -0.1) is 10.2 Å². The second-order valence-corrected chi connectivity index (χ2v) is 8.72. The van der Waals surface area contributed by atoms with E-state index in [1.54, 1.807) is 36.4 Å². The van der Waals surface area contributed by atoms with Crippen molar-refractivity contribution in [1.82, 2.24) is 20.3 Å². The van der Waals surface area contributed by atoms with Crippen molar-refractivity contribution >= 4 is 51.6 Å². The van der Waals surface area contributed by atoms with Gasteiger partial charge in [-0.3, -0.25) is 10.1 Å². The van der Waals surface area contributed by atoms with Gasteiger partial charge in [-0.1, -0.05) is 41.9 Å². The molecule has 5 aromatic rings. The van der Waals surface area contributed by atoms with Gasteiger partial charge in [0.25, 0.3) is 5.91 Å². The maximum Gasteiger partial charge on any atom is 0.257 e. The maximum absolute atomic E-state index is 12.6. The number of benzene rings is 4. The van der Waals surface area contributed by atoms with E-state index in [4.69, 9.17) is 28.6 Å². The minimum atomic E-state index is -0.322. The quantitative estimate of drug-likeness (QED) is 0.280. The van der Waals surface area contributed by atoms with Gasteiger partial charge in [-0.05, 0) is 84.5 Å². The first-order chi connectivity index (χ1) is 17.5. The molecule has 4 aromatic carbocycles. The van der Waals surface area contributed by atoms with Gasteiger partial charge in [-0.2, -0.15) is 4.80 Å². The molecule has 0 radical (unpaired) electrons. The zero-order chi connectivity index (χ0) is 24.9. The Labute approximate surface area is 217 Å². The SMILES string of the molecule is O=C(NC(=S)Nc1ccc2nn(-c3ccc(Cl)cc3)nc2c1)c1ccc(OCc2ccccc2)cc1. The lowest BCUT2D eigenvalue weighted by atomic mass is 10.2. The summed E-state index contributed by atoms with van der Waals surface area (Å²) < 4.78 is 5.77. The lowest BCUT2D eigenvalue weighted by molar-refractivity contribution is 0.0977. The highest BCUT2D eigenvalue weighted by Crippen LogP contribution is 2.19. The molecule has 0 atom stereocenters. The van der Waals surface area contributed by atoms with Gasteiger partial charge in [0.2, 0.25) is 0 Å². The zero-order valence-corrected chi connectivity index (χ0v) is 20.5. The molecule has 0 bridgehead atoms. The van der Waals surface area contributed by atoms with Gasteiger partial charge in [0.05, 0.1) is 5.69 Å². The van der Waals surface area contributed by atoms with Crippen molar-refractivity contribution in [3.8, 4) is 11.4 Å². The van der Waals surface area contributed by atoms with E-state index < -0.39 is 0 Å². The third kappa shape index (κ3) is 5.68. The molecule has 0 saturated carbocycles. The summed E-state index contributed by atoms with van der Waals surface area (Å²) in [5, 5.41) is 15.5. The summed E-state index contributed by atoms with van der Waals surface area (Å²) >= 11 is 11.3. The number of carbonyl (C=O) groups excluding carboxylic acids is 1. The number of hydrogen-bond donors (Lipinski definition) is 2. The number of thiocarbonyl (C=S) groups is 1. The highest BCUT2D eigenvalue weighted by molar-refractivity contribution is 7.80. The molecule has 1 amide bonds. The first-order valence-electron chi connectivity index (χ1n) is 11.1. The van der Waals surface area contributed by atoms with Crippen molar-refractivity contribution in [1.29, 1.82) is 0 Å². The average Bonchev–Trinajstić information content (AvgIpc) is 3.32. The second-order valence-electron chi connectivity index (χ2n) is 7.88.